The molecule has 0 saturated carbocycles. The summed E-state index contributed by atoms with van der Waals surface area (Å²) in [7, 11) is -3.75. The summed E-state index contributed by atoms with van der Waals surface area (Å²) in [4.78, 5) is 13.7. The molecule has 150 valence electrons. The topological polar surface area (TPSA) is 111 Å². The molecule has 0 radical (unpaired) electrons. The van der Waals surface area contributed by atoms with Gasteiger partial charge >= 0.3 is 5.97 Å². The van der Waals surface area contributed by atoms with Crippen LogP contribution in [0.25, 0.3) is 0 Å². The molecule has 28 heavy (non-hydrogen) atoms. The van der Waals surface area contributed by atoms with Crippen molar-refractivity contribution in [2.24, 2.45) is 5.14 Å². The van der Waals surface area contributed by atoms with Gasteiger partial charge in [-0.15, -0.1) is 11.3 Å². The zero-order valence-corrected chi connectivity index (χ0v) is 17.7. The first-order valence-electron chi connectivity index (χ1n) is 8.82. The molecule has 0 bridgehead atoms. The molecule has 0 saturated heterocycles. The van der Waals surface area contributed by atoms with Gasteiger partial charge in [-0.25, -0.2) is 18.4 Å². The molecule has 3 rings (SSSR count). The lowest BCUT2D eigenvalue weighted by Gasteiger charge is -2.13. The fraction of sp³-hybridized carbons (Fsp3) is 0.333. The molecule has 0 aliphatic heterocycles. The van der Waals surface area contributed by atoms with E-state index in [-0.39, 0.29) is 10.9 Å². The van der Waals surface area contributed by atoms with Crippen LogP contribution >= 0.6 is 23.6 Å². The van der Waals surface area contributed by atoms with Gasteiger partial charge in [0.1, 0.15) is 5.00 Å². The first-order chi connectivity index (χ1) is 13.3. The fourth-order valence-electron chi connectivity index (χ4n) is 3.07. The van der Waals surface area contributed by atoms with Crippen LogP contribution in [0.15, 0.2) is 29.2 Å². The molecule has 1 aliphatic carbocycles. The number of rotatable bonds is 5. The molecular formula is C18H21N3O4S3. The molecule has 1 heterocycles. The Morgan fingerprint density at radius 3 is 2.54 bits per heavy atom. The average Bonchev–Trinajstić information content (AvgIpc) is 2.99. The average molecular weight is 440 g/mol. The third-order valence-corrected chi connectivity index (χ3v) is 6.66. The first kappa shape index (κ1) is 20.7. The van der Waals surface area contributed by atoms with Crippen molar-refractivity contribution >= 4 is 55.3 Å². The quantitative estimate of drug-likeness (QED) is 0.484. The number of carbonyl (C=O) groups is 1. The molecule has 1 aromatic heterocycles. The van der Waals surface area contributed by atoms with Gasteiger partial charge in [0.25, 0.3) is 0 Å². The number of nitrogens with two attached hydrogens (primary N) is 1. The molecule has 0 fully saturated rings. The second-order valence-corrected chi connectivity index (χ2v) is 9.36. The Labute approximate surface area is 173 Å². The number of esters is 1. The van der Waals surface area contributed by atoms with Gasteiger partial charge in [-0.3, -0.25) is 0 Å². The summed E-state index contributed by atoms with van der Waals surface area (Å²) in [5.41, 5.74) is 2.22. The van der Waals surface area contributed by atoms with Crippen LogP contribution in [0.2, 0.25) is 0 Å². The smallest absolute Gasteiger partial charge is 0.341 e. The summed E-state index contributed by atoms with van der Waals surface area (Å²) in [5.74, 6) is -0.343. The number of thiocarbonyl (C=S) groups is 1. The van der Waals surface area contributed by atoms with Gasteiger partial charge in [-0.2, -0.15) is 0 Å². The number of fused-ring (bicyclic) bond motifs is 1. The largest absolute Gasteiger partial charge is 0.462 e. The van der Waals surface area contributed by atoms with Crippen molar-refractivity contribution in [3.05, 3.63) is 40.3 Å². The maximum absolute atomic E-state index is 12.5. The Morgan fingerprint density at radius 2 is 1.89 bits per heavy atom. The van der Waals surface area contributed by atoms with Crippen molar-refractivity contribution in [2.45, 2.75) is 37.5 Å². The molecule has 0 atom stereocenters. The number of primary sulfonamides is 1. The van der Waals surface area contributed by atoms with E-state index in [2.05, 4.69) is 10.6 Å². The Bertz CT molecular complexity index is 998. The van der Waals surface area contributed by atoms with Gasteiger partial charge in [0.05, 0.1) is 17.1 Å². The fourth-order valence-corrected chi connectivity index (χ4v) is 5.15. The third-order valence-electron chi connectivity index (χ3n) is 4.32. The van der Waals surface area contributed by atoms with Crippen LogP contribution in [0.3, 0.4) is 0 Å². The number of aryl methyl sites for hydroxylation is 1. The molecule has 0 unspecified atom stereocenters. The maximum atomic E-state index is 12.5. The van der Waals surface area contributed by atoms with Crippen molar-refractivity contribution < 1.29 is 17.9 Å². The van der Waals surface area contributed by atoms with Crippen molar-refractivity contribution in [3.8, 4) is 0 Å². The van der Waals surface area contributed by atoms with Gasteiger partial charge in [0.2, 0.25) is 10.0 Å². The van der Waals surface area contributed by atoms with E-state index in [1.165, 1.54) is 28.3 Å². The lowest BCUT2D eigenvalue weighted by atomic mass is 9.95. The van der Waals surface area contributed by atoms with Crippen LogP contribution in [-0.2, 0) is 27.6 Å². The summed E-state index contributed by atoms with van der Waals surface area (Å²) >= 11 is 6.89. The second kappa shape index (κ2) is 8.56. The van der Waals surface area contributed by atoms with Crippen LogP contribution in [0.4, 0.5) is 10.7 Å². The minimum Gasteiger partial charge on any atom is -0.462 e. The number of ether oxygens (including phenoxy) is 1. The zero-order valence-electron chi connectivity index (χ0n) is 15.3. The highest BCUT2D eigenvalue weighted by Gasteiger charge is 2.26. The Morgan fingerprint density at radius 1 is 1.21 bits per heavy atom. The molecule has 0 spiro atoms. The Balaban J connectivity index is 1.78. The van der Waals surface area contributed by atoms with Crippen LogP contribution in [0, 0.1) is 0 Å². The Hall–Kier alpha value is -2.01. The van der Waals surface area contributed by atoms with E-state index < -0.39 is 10.0 Å². The Kier molecular flexibility index (Phi) is 6.33. The number of benzene rings is 1. The number of sulfonamides is 1. The van der Waals surface area contributed by atoms with E-state index in [1.807, 2.05) is 0 Å². The first-order valence-corrected chi connectivity index (χ1v) is 11.6. The van der Waals surface area contributed by atoms with E-state index in [0.29, 0.717) is 28.0 Å². The van der Waals surface area contributed by atoms with Crippen molar-refractivity contribution in [3.63, 3.8) is 0 Å². The second-order valence-electron chi connectivity index (χ2n) is 6.28. The standard InChI is InChI=1S/C18H21N3O4S3/c1-2-25-17(22)15-13-5-3-4-6-14(13)27-16(15)21-18(26)20-11-7-9-12(10-8-11)28(19,23)24/h7-10H,2-6H2,1H3,(H2,19,23,24)(H2,20,21,26). The molecule has 0 amide bonds. The molecule has 2 aromatic rings. The summed E-state index contributed by atoms with van der Waals surface area (Å²) in [5, 5.41) is 12.2. The number of anilines is 2. The SMILES string of the molecule is CCOC(=O)c1c(NC(=S)Nc2ccc(S(N)(=O)=O)cc2)sc2c1CCCC2. The van der Waals surface area contributed by atoms with E-state index in [4.69, 9.17) is 22.1 Å². The van der Waals surface area contributed by atoms with Gasteiger partial charge in [-0.05, 0) is 74.7 Å². The lowest BCUT2D eigenvalue weighted by Crippen LogP contribution is -2.20. The van der Waals surface area contributed by atoms with Gasteiger partial charge in [0, 0.05) is 10.6 Å². The zero-order chi connectivity index (χ0) is 20.3. The van der Waals surface area contributed by atoms with E-state index in [1.54, 1.807) is 19.1 Å². The van der Waals surface area contributed by atoms with E-state index >= 15 is 0 Å². The summed E-state index contributed by atoms with van der Waals surface area (Å²) in [6, 6.07) is 5.93. The number of hydrogen-bond donors (Lipinski definition) is 3. The highest BCUT2D eigenvalue weighted by Crippen LogP contribution is 2.38. The van der Waals surface area contributed by atoms with Crippen LogP contribution in [0.1, 0.15) is 40.6 Å². The van der Waals surface area contributed by atoms with Crippen LogP contribution in [-0.4, -0.2) is 26.1 Å². The number of carbonyl (C=O) groups excluding carboxylic acids is 1. The molecule has 10 heteroatoms. The minimum atomic E-state index is -3.75. The molecular weight excluding hydrogens is 418 g/mol. The van der Waals surface area contributed by atoms with Gasteiger partial charge < -0.3 is 15.4 Å². The molecule has 4 N–H and O–H groups in total. The van der Waals surface area contributed by atoms with E-state index in [9.17, 15) is 13.2 Å². The van der Waals surface area contributed by atoms with Crippen LogP contribution in [0.5, 0.6) is 0 Å². The predicted molar refractivity (Wildman–Crippen MR) is 115 cm³/mol. The highest BCUT2D eigenvalue weighted by atomic mass is 32.2. The lowest BCUT2D eigenvalue weighted by molar-refractivity contribution is 0.0526. The summed E-state index contributed by atoms with van der Waals surface area (Å²) in [6.07, 6.45) is 3.96. The van der Waals surface area contributed by atoms with Gasteiger partial charge in [0.15, 0.2) is 5.11 Å². The third kappa shape index (κ3) is 4.69. The van der Waals surface area contributed by atoms with E-state index in [0.717, 1.165) is 31.2 Å². The number of hydrogen-bond acceptors (Lipinski definition) is 6. The highest BCUT2D eigenvalue weighted by molar-refractivity contribution is 7.89. The number of nitrogens with one attached hydrogen (secondary N) is 2. The monoisotopic (exact) mass is 439 g/mol. The van der Waals surface area contributed by atoms with Crippen molar-refractivity contribution in [1.29, 1.82) is 0 Å². The predicted octanol–water partition coefficient (Wildman–Crippen LogP) is 3.26. The van der Waals surface area contributed by atoms with Crippen LogP contribution < -0.4 is 15.8 Å². The maximum Gasteiger partial charge on any atom is 0.341 e. The van der Waals surface area contributed by atoms with Gasteiger partial charge in [-0.1, -0.05) is 0 Å². The molecule has 7 nitrogen and oxygen atoms in total. The van der Waals surface area contributed by atoms with Crippen molar-refractivity contribution in [2.75, 3.05) is 17.2 Å². The number of thiophene rings is 1. The minimum absolute atomic E-state index is 0.0208. The van der Waals surface area contributed by atoms with Crippen molar-refractivity contribution in [1.82, 2.24) is 0 Å². The molecule has 1 aliphatic rings. The normalized spacial score (nSPS) is 13.5. The summed E-state index contributed by atoms with van der Waals surface area (Å²) in [6.45, 7) is 2.09. The summed E-state index contributed by atoms with van der Waals surface area (Å²) < 4.78 is 27.9. The molecule has 1 aromatic carbocycles.